The summed E-state index contributed by atoms with van der Waals surface area (Å²) < 4.78 is 31.7. The smallest absolute Gasteiger partial charge is 0.209 e. The third kappa shape index (κ3) is 4.80. The molecule has 0 fully saturated rings. The molecule has 45 heavy (non-hydrogen) atoms. The highest BCUT2D eigenvalue weighted by molar-refractivity contribution is 6.03. The molecule has 5 aromatic carbocycles. The largest absolute Gasteiger partial charge is 0.347 e. The maximum Gasteiger partial charge on any atom is 0.209 e. The molecular weight excluding hydrogens is 558 g/mol. The number of benzene rings is 5. The van der Waals surface area contributed by atoms with Crippen molar-refractivity contribution in [2.75, 3.05) is 19.0 Å². The van der Waals surface area contributed by atoms with E-state index >= 15 is 0 Å². The molecule has 0 aliphatic carbocycles. The van der Waals surface area contributed by atoms with Gasteiger partial charge in [0.1, 0.15) is 18.7 Å². The molecule has 7 rings (SSSR count). The number of fused-ring (bicyclic) bond motifs is 4. The van der Waals surface area contributed by atoms with Gasteiger partial charge in [0.15, 0.2) is 5.71 Å². The van der Waals surface area contributed by atoms with E-state index in [-0.39, 0.29) is 5.41 Å². The molecule has 4 heteroatoms. The highest BCUT2D eigenvalue weighted by Crippen LogP contribution is 2.54. The third-order valence-electron chi connectivity index (χ3n) is 9.82. The fraction of sp³-hybridized carbons (Fsp3) is 0.195. The van der Waals surface area contributed by atoms with Crippen LogP contribution < -0.4 is 4.90 Å². The Hall–Kier alpha value is -4.83. The molecule has 0 N–H and O–H groups in total. The van der Waals surface area contributed by atoms with E-state index in [1.165, 1.54) is 40.2 Å². The quantitative estimate of drug-likeness (QED) is 0.177. The summed E-state index contributed by atoms with van der Waals surface area (Å²) in [6.45, 7) is 4.54. The summed E-state index contributed by atoms with van der Waals surface area (Å²) in [7, 11) is 4.24. The second kappa shape index (κ2) is 11.0. The number of halogens is 2. The topological polar surface area (TPSA) is 6.25 Å². The van der Waals surface area contributed by atoms with Gasteiger partial charge in [-0.05, 0) is 78.4 Å². The monoisotopic (exact) mass is 595 g/mol. The molecule has 224 valence electrons. The number of nitrogens with zero attached hydrogens (tertiary/aromatic N) is 2. The molecule has 0 saturated heterocycles. The molecule has 2 heterocycles. The number of hydrogen-bond donors (Lipinski definition) is 0. The summed E-state index contributed by atoms with van der Waals surface area (Å²) in [5, 5.41) is 2.30. The van der Waals surface area contributed by atoms with E-state index < -0.39 is 17.0 Å². The summed E-state index contributed by atoms with van der Waals surface area (Å²) in [6.07, 6.45) is 7.70. The minimum Gasteiger partial charge on any atom is -0.347 e. The van der Waals surface area contributed by atoms with Crippen LogP contribution in [0.1, 0.15) is 36.1 Å². The number of likely N-dealkylation sites (N-methyl/N-ethyl adjacent to an activating group) is 1. The first-order valence-corrected chi connectivity index (χ1v) is 15.5. The van der Waals surface area contributed by atoms with Crippen molar-refractivity contribution in [2.45, 2.75) is 37.5 Å². The summed E-state index contributed by atoms with van der Waals surface area (Å²) >= 11 is 0. The predicted molar refractivity (Wildman–Crippen MR) is 182 cm³/mol. The summed E-state index contributed by atoms with van der Waals surface area (Å²) in [4.78, 5) is 2.27. The minimum atomic E-state index is -0.596. The van der Waals surface area contributed by atoms with Gasteiger partial charge in [-0.15, -0.1) is 0 Å². The third-order valence-corrected chi connectivity index (χ3v) is 9.82. The van der Waals surface area contributed by atoms with Gasteiger partial charge < -0.3 is 4.90 Å². The van der Waals surface area contributed by atoms with Gasteiger partial charge in [0.25, 0.3) is 0 Å². The zero-order chi connectivity index (χ0) is 31.3. The Bertz CT molecular complexity index is 2020. The molecular formula is C41H37F2N2+. The summed E-state index contributed by atoms with van der Waals surface area (Å²) in [6, 6.07) is 35.7. The van der Waals surface area contributed by atoms with Gasteiger partial charge in [-0.1, -0.05) is 84.9 Å². The van der Waals surface area contributed by atoms with Crippen LogP contribution in [-0.4, -0.2) is 24.4 Å². The van der Waals surface area contributed by atoms with E-state index in [9.17, 15) is 8.78 Å². The minimum absolute atomic E-state index is 0.151. The lowest BCUT2D eigenvalue weighted by Crippen LogP contribution is -2.35. The van der Waals surface area contributed by atoms with Crippen LogP contribution in [0.3, 0.4) is 0 Å². The van der Waals surface area contributed by atoms with Crippen molar-refractivity contribution < 1.29 is 13.4 Å². The predicted octanol–water partition coefficient (Wildman–Crippen LogP) is 9.44. The van der Waals surface area contributed by atoms with E-state index in [4.69, 9.17) is 0 Å². The van der Waals surface area contributed by atoms with Crippen LogP contribution in [-0.2, 0) is 23.7 Å². The number of anilines is 1. The van der Waals surface area contributed by atoms with Crippen molar-refractivity contribution in [1.29, 1.82) is 0 Å². The van der Waals surface area contributed by atoms with Crippen molar-refractivity contribution in [3.05, 3.63) is 167 Å². The normalized spacial score (nSPS) is 19.6. The van der Waals surface area contributed by atoms with Gasteiger partial charge in [0, 0.05) is 47.6 Å². The number of para-hydroxylation sites is 1. The molecule has 0 amide bonds. The molecule has 0 bridgehead atoms. The zero-order valence-electron chi connectivity index (χ0n) is 26.2. The molecule has 1 unspecified atom stereocenters. The van der Waals surface area contributed by atoms with E-state index in [1.54, 1.807) is 0 Å². The second-order valence-corrected chi connectivity index (χ2v) is 12.9. The molecule has 0 spiro atoms. The van der Waals surface area contributed by atoms with Crippen molar-refractivity contribution in [3.8, 4) is 0 Å². The highest BCUT2D eigenvalue weighted by atomic mass is 19.1. The Morgan fingerprint density at radius 2 is 1.42 bits per heavy atom. The fourth-order valence-corrected chi connectivity index (χ4v) is 7.85. The Kier molecular flexibility index (Phi) is 7.04. The maximum atomic E-state index is 14.7. The van der Waals surface area contributed by atoms with Gasteiger partial charge in [-0.2, -0.15) is 4.58 Å². The lowest BCUT2D eigenvalue weighted by Gasteiger charge is -2.34. The molecule has 2 aliphatic rings. The SMILES string of the molecule is CN1C(=CC=CC2=[N+](C)c3ccccc3C2(C)C)C(Cc2ccccc2)(Cc2cc(F)cc(F)c2)c2c1ccc1ccccc21. The first kappa shape index (κ1) is 28.9. The molecule has 0 radical (unpaired) electrons. The lowest BCUT2D eigenvalue weighted by atomic mass is 9.69. The van der Waals surface area contributed by atoms with Crippen LogP contribution in [0.25, 0.3) is 10.8 Å². The first-order valence-electron chi connectivity index (χ1n) is 15.5. The van der Waals surface area contributed by atoms with Crippen molar-refractivity contribution >= 4 is 27.9 Å². The van der Waals surface area contributed by atoms with Gasteiger partial charge in [-0.25, -0.2) is 8.78 Å². The molecule has 5 aromatic rings. The fourth-order valence-electron chi connectivity index (χ4n) is 7.85. The van der Waals surface area contributed by atoms with E-state index in [0.717, 1.165) is 28.2 Å². The highest BCUT2D eigenvalue weighted by Gasteiger charge is 2.47. The first-order chi connectivity index (χ1) is 21.7. The molecule has 0 aromatic heterocycles. The van der Waals surface area contributed by atoms with Crippen LogP contribution >= 0.6 is 0 Å². The van der Waals surface area contributed by atoms with Crippen molar-refractivity contribution in [3.63, 3.8) is 0 Å². The van der Waals surface area contributed by atoms with Crippen LogP contribution in [0.4, 0.5) is 20.2 Å². The number of hydrogen-bond acceptors (Lipinski definition) is 1. The Balaban J connectivity index is 1.45. The maximum absolute atomic E-state index is 14.7. The average Bonchev–Trinajstić information content (AvgIpc) is 3.36. The van der Waals surface area contributed by atoms with Gasteiger partial charge in [0.05, 0.1) is 5.41 Å². The van der Waals surface area contributed by atoms with E-state index in [0.29, 0.717) is 18.4 Å². The van der Waals surface area contributed by atoms with Crippen LogP contribution in [0, 0.1) is 11.6 Å². The van der Waals surface area contributed by atoms with Crippen LogP contribution in [0.5, 0.6) is 0 Å². The lowest BCUT2D eigenvalue weighted by molar-refractivity contribution is -0.401. The van der Waals surface area contributed by atoms with E-state index in [2.05, 4.69) is 141 Å². The Labute approximate surface area is 264 Å². The zero-order valence-corrected chi connectivity index (χ0v) is 26.2. The number of rotatable bonds is 6. The second-order valence-electron chi connectivity index (χ2n) is 12.9. The van der Waals surface area contributed by atoms with Crippen LogP contribution in [0.15, 0.2) is 133 Å². The van der Waals surface area contributed by atoms with Crippen molar-refractivity contribution in [1.82, 2.24) is 0 Å². The number of allylic oxidation sites excluding steroid dienone is 4. The average molecular weight is 596 g/mol. The standard InChI is InChI=1S/C41H37F2N2/c1-40(2)34-17-10-11-18-35(34)44(3)37(40)19-12-20-38-41(26-28-13-6-5-7-14-28,27-29-23-31(42)25-32(43)24-29)39-33-16-9-8-15-30(33)21-22-36(39)45(38)4/h5-25H,26-27H2,1-4H3/q+1. The summed E-state index contributed by atoms with van der Waals surface area (Å²) in [5.74, 6) is -1.12. The molecule has 1 atom stereocenters. The van der Waals surface area contributed by atoms with Gasteiger partial charge in [-0.3, -0.25) is 0 Å². The molecule has 2 nitrogen and oxygen atoms in total. The van der Waals surface area contributed by atoms with Crippen LogP contribution in [0.2, 0.25) is 0 Å². The Morgan fingerprint density at radius 3 is 2.18 bits per heavy atom. The summed E-state index contributed by atoms with van der Waals surface area (Å²) in [5.41, 5.74) is 8.19. The Morgan fingerprint density at radius 1 is 0.756 bits per heavy atom. The van der Waals surface area contributed by atoms with Gasteiger partial charge >= 0.3 is 0 Å². The van der Waals surface area contributed by atoms with Gasteiger partial charge in [0.2, 0.25) is 5.69 Å². The molecule has 2 aliphatic heterocycles. The van der Waals surface area contributed by atoms with E-state index in [1.807, 2.05) is 6.07 Å². The van der Waals surface area contributed by atoms with Crippen molar-refractivity contribution in [2.24, 2.45) is 0 Å². The molecule has 0 saturated carbocycles.